The minimum Gasteiger partial charge on any atom is -0.388 e. The summed E-state index contributed by atoms with van der Waals surface area (Å²) in [5, 5.41) is 10.4. The molecule has 0 saturated carbocycles. The van der Waals surface area contributed by atoms with E-state index in [1.807, 2.05) is 37.3 Å². The molecule has 0 saturated heterocycles. The van der Waals surface area contributed by atoms with Crippen molar-refractivity contribution in [1.82, 2.24) is 4.98 Å². The number of rotatable bonds is 4. The maximum atomic E-state index is 13.1. The van der Waals surface area contributed by atoms with Gasteiger partial charge in [0, 0.05) is 17.7 Å². The average Bonchev–Trinajstić information content (AvgIpc) is 2.41. The number of aliphatic hydroxyl groups excluding tert-OH is 1. The van der Waals surface area contributed by atoms with E-state index in [0.717, 1.165) is 18.2 Å². The van der Waals surface area contributed by atoms with Gasteiger partial charge in [-0.15, -0.1) is 0 Å². The van der Waals surface area contributed by atoms with Crippen LogP contribution in [-0.4, -0.2) is 10.1 Å². The second kappa shape index (κ2) is 5.74. The lowest BCUT2D eigenvalue weighted by Crippen LogP contribution is -2.10. The van der Waals surface area contributed by atoms with Crippen LogP contribution < -0.4 is 0 Å². The largest absolute Gasteiger partial charge is 0.388 e. The van der Waals surface area contributed by atoms with Gasteiger partial charge in [0.15, 0.2) is 0 Å². The van der Waals surface area contributed by atoms with Crippen LogP contribution in [0, 0.1) is 5.82 Å². The van der Waals surface area contributed by atoms with Crippen molar-refractivity contribution < 1.29 is 9.50 Å². The molecule has 3 heteroatoms. The Hall–Kier alpha value is -1.74. The summed E-state index contributed by atoms with van der Waals surface area (Å²) in [6.45, 7) is 2.01. The third-order valence-electron chi connectivity index (χ3n) is 3.12. The highest BCUT2D eigenvalue weighted by Gasteiger charge is 2.21. The van der Waals surface area contributed by atoms with Gasteiger partial charge >= 0.3 is 0 Å². The van der Waals surface area contributed by atoms with Gasteiger partial charge in [-0.1, -0.05) is 37.3 Å². The maximum Gasteiger partial charge on any atom is 0.141 e. The van der Waals surface area contributed by atoms with Crippen molar-refractivity contribution in [2.75, 3.05) is 0 Å². The van der Waals surface area contributed by atoms with Gasteiger partial charge in [0.1, 0.15) is 5.82 Å². The zero-order valence-corrected chi connectivity index (χ0v) is 10.3. The molecule has 0 aliphatic rings. The van der Waals surface area contributed by atoms with E-state index in [1.54, 1.807) is 0 Å². The van der Waals surface area contributed by atoms with Crippen LogP contribution in [0.2, 0.25) is 0 Å². The first-order chi connectivity index (χ1) is 8.72. The summed E-state index contributed by atoms with van der Waals surface area (Å²) in [4.78, 5) is 3.78. The molecule has 18 heavy (non-hydrogen) atoms. The van der Waals surface area contributed by atoms with Crippen LogP contribution in [0.4, 0.5) is 4.39 Å². The average molecular weight is 245 g/mol. The molecule has 0 amide bonds. The first-order valence-corrected chi connectivity index (χ1v) is 6.06. The predicted molar refractivity (Wildman–Crippen MR) is 68.6 cm³/mol. The number of nitrogens with zero attached hydrogens (tertiary/aromatic N) is 1. The van der Waals surface area contributed by atoms with E-state index in [9.17, 15) is 9.50 Å². The minimum absolute atomic E-state index is 0.0465. The van der Waals surface area contributed by atoms with Gasteiger partial charge in [-0.05, 0) is 18.1 Å². The van der Waals surface area contributed by atoms with Crippen molar-refractivity contribution in [1.29, 1.82) is 0 Å². The van der Waals surface area contributed by atoms with E-state index in [1.165, 1.54) is 12.3 Å². The zero-order chi connectivity index (χ0) is 13.0. The van der Waals surface area contributed by atoms with Crippen molar-refractivity contribution in [2.45, 2.75) is 25.4 Å². The van der Waals surface area contributed by atoms with Gasteiger partial charge in [-0.3, -0.25) is 4.98 Å². The molecule has 0 fully saturated rings. The molecule has 0 radical (unpaired) electrons. The Kier molecular flexibility index (Phi) is 4.05. The van der Waals surface area contributed by atoms with Gasteiger partial charge in [-0.2, -0.15) is 0 Å². The van der Waals surface area contributed by atoms with Crippen LogP contribution >= 0.6 is 0 Å². The molecule has 0 aliphatic heterocycles. The summed E-state index contributed by atoms with van der Waals surface area (Å²) in [5.41, 5.74) is 1.57. The van der Waals surface area contributed by atoms with Gasteiger partial charge in [-0.25, -0.2) is 4.39 Å². The van der Waals surface area contributed by atoms with Crippen LogP contribution in [0.25, 0.3) is 0 Å². The first kappa shape index (κ1) is 12.7. The summed E-state index contributed by atoms with van der Waals surface area (Å²) in [6.07, 6.45) is 2.70. The van der Waals surface area contributed by atoms with Crippen LogP contribution in [0.5, 0.6) is 0 Å². The van der Waals surface area contributed by atoms with E-state index in [0.29, 0.717) is 5.56 Å². The molecule has 1 aromatic carbocycles. The number of aromatic nitrogens is 1. The fourth-order valence-corrected chi connectivity index (χ4v) is 2.16. The lowest BCUT2D eigenvalue weighted by molar-refractivity contribution is 0.141. The minimum atomic E-state index is -0.736. The molecule has 2 aromatic rings. The smallest absolute Gasteiger partial charge is 0.141 e. The first-order valence-electron chi connectivity index (χ1n) is 6.06. The molecule has 0 spiro atoms. The van der Waals surface area contributed by atoms with Gasteiger partial charge in [0.2, 0.25) is 0 Å². The monoisotopic (exact) mass is 245 g/mol. The second-order valence-corrected chi connectivity index (χ2v) is 4.31. The molecule has 0 bridgehead atoms. The van der Waals surface area contributed by atoms with Crippen molar-refractivity contribution in [3.8, 4) is 0 Å². The Bertz CT molecular complexity index is 501. The molecule has 1 N–H and O–H groups in total. The highest BCUT2D eigenvalue weighted by Crippen LogP contribution is 2.33. The van der Waals surface area contributed by atoms with Crippen LogP contribution in [0.15, 0.2) is 48.8 Å². The number of benzene rings is 1. The fraction of sp³-hybridized carbons (Fsp3) is 0.267. The lowest BCUT2D eigenvalue weighted by Gasteiger charge is -2.22. The molecule has 0 aliphatic carbocycles. The molecular weight excluding hydrogens is 229 g/mol. The Morgan fingerprint density at radius 1 is 1.17 bits per heavy atom. The van der Waals surface area contributed by atoms with Gasteiger partial charge in [0.05, 0.1) is 12.3 Å². The molecular formula is C15H16FNO. The number of hydrogen-bond donors (Lipinski definition) is 1. The van der Waals surface area contributed by atoms with E-state index in [2.05, 4.69) is 4.98 Å². The summed E-state index contributed by atoms with van der Waals surface area (Å²) < 4.78 is 13.1. The predicted octanol–water partition coefficient (Wildman–Crippen LogP) is 3.45. The molecule has 2 nitrogen and oxygen atoms in total. The Labute approximate surface area is 106 Å². The van der Waals surface area contributed by atoms with Crippen LogP contribution in [0.1, 0.15) is 36.5 Å². The van der Waals surface area contributed by atoms with Crippen molar-refractivity contribution >= 4 is 0 Å². The van der Waals surface area contributed by atoms with Crippen LogP contribution in [-0.2, 0) is 0 Å². The van der Waals surface area contributed by atoms with E-state index in [-0.39, 0.29) is 5.92 Å². The van der Waals surface area contributed by atoms with Crippen molar-refractivity contribution in [3.05, 3.63) is 65.7 Å². The summed E-state index contributed by atoms with van der Waals surface area (Å²) in [5.74, 6) is -0.468. The fourth-order valence-electron chi connectivity index (χ4n) is 2.16. The summed E-state index contributed by atoms with van der Waals surface area (Å²) in [6, 6.07) is 11.1. The summed E-state index contributed by atoms with van der Waals surface area (Å²) in [7, 11) is 0. The topological polar surface area (TPSA) is 33.1 Å². The standard InChI is InChI=1S/C15H16FNO/c1-2-14(11-6-4-3-5-7-11)15(18)12-8-13(16)10-17-9-12/h3-10,14-15,18H,2H2,1H3. The zero-order valence-electron chi connectivity index (χ0n) is 10.3. The molecule has 2 atom stereocenters. The molecule has 2 rings (SSSR count). The molecule has 1 heterocycles. The Morgan fingerprint density at radius 3 is 2.50 bits per heavy atom. The third-order valence-corrected chi connectivity index (χ3v) is 3.12. The number of aliphatic hydroxyl groups is 1. The third kappa shape index (κ3) is 2.74. The Morgan fingerprint density at radius 2 is 1.89 bits per heavy atom. The molecule has 2 unspecified atom stereocenters. The number of hydrogen-bond acceptors (Lipinski definition) is 2. The number of halogens is 1. The van der Waals surface area contributed by atoms with E-state index >= 15 is 0 Å². The summed E-state index contributed by atoms with van der Waals surface area (Å²) >= 11 is 0. The highest BCUT2D eigenvalue weighted by molar-refractivity contribution is 5.25. The van der Waals surface area contributed by atoms with Crippen molar-refractivity contribution in [3.63, 3.8) is 0 Å². The maximum absolute atomic E-state index is 13.1. The Balaban J connectivity index is 2.28. The second-order valence-electron chi connectivity index (χ2n) is 4.31. The molecule has 94 valence electrons. The van der Waals surface area contributed by atoms with Crippen molar-refractivity contribution in [2.24, 2.45) is 0 Å². The van der Waals surface area contributed by atoms with Gasteiger partial charge < -0.3 is 5.11 Å². The van der Waals surface area contributed by atoms with E-state index < -0.39 is 11.9 Å². The normalized spacial score (nSPS) is 14.2. The number of pyridine rings is 1. The highest BCUT2D eigenvalue weighted by atomic mass is 19.1. The quantitative estimate of drug-likeness (QED) is 0.895. The van der Waals surface area contributed by atoms with Gasteiger partial charge in [0.25, 0.3) is 0 Å². The lowest BCUT2D eigenvalue weighted by atomic mass is 9.88. The van der Waals surface area contributed by atoms with Crippen LogP contribution in [0.3, 0.4) is 0 Å². The van der Waals surface area contributed by atoms with E-state index in [4.69, 9.17) is 0 Å². The SMILES string of the molecule is CCC(c1ccccc1)C(O)c1cncc(F)c1. The molecule has 1 aromatic heterocycles.